The van der Waals surface area contributed by atoms with Crippen molar-refractivity contribution in [3.8, 4) is 11.5 Å². The summed E-state index contributed by atoms with van der Waals surface area (Å²) in [6, 6.07) is 15.2. The Bertz CT molecular complexity index is 1140. The van der Waals surface area contributed by atoms with Crippen LogP contribution in [0.4, 0.5) is 11.6 Å². The van der Waals surface area contributed by atoms with Crippen molar-refractivity contribution < 1.29 is 14.3 Å². The first-order valence-electron chi connectivity index (χ1n) is 10.5. The third-order valence-electron chi connectivity index (χ3n) is 5.25. The molecule has 0 atom stereocenters. The predicted octanol–water partition coefficient (Wildman–Crippen LogP) is 2.17. The summed E-state index contributed by atoms with van der Waals surface area (Å²) < 4.78 is 12.1. The molecular weight excluding hydrogens is 410 g/mol. The summed E-state index contributed by atoms with van der Waals surface area (Å²) in [6.45, 7) is 3.91. The van der Waals surface area contributed by atoms with Gasteiger partial charge in [-0.25, -0.2) is 0 Å². The molecule has 0 bridgehead atoms. The number of nitrogens with one attached hydrogen (secondary N) is 1. The maximum absolute atomic E-state index is 12.9. The van der Waals surface area contributed by atoms with Crippen LogP contribution in [0.5, 0.6) is 11.5 Å². The zero-order chi connectivity index (χ0) is 22.5. The summed E-state index contributed by atoms with van der Waals surface area (Å²) in [4.78, 5) is 27.3. The quantitative estimate of drug-likeness (QED) is 0.579. The van der Waals surface area contributed by atoms with Crippen molar-refractivity contribution in [2.75, 3.05) is 31.7 Å². The number of aromatic nitrogens is 3. The zero-order valence-corrected chi connectivity index (χ0v) is 18.1. The molecule has 0 unspecified atom stereocenters. The fourth-order valence-corrected chi connectivity index (χ4v) is 3.58. The topological polar surface area (TPSA) is 98.6 Å². The number of rotatable bonds is 8. The van der Waals surface area contributed by atoms with E-state index in [2.05, 4.69) is 15.5 Å². The second-order valence-corrected chi connectivity index (χ2v) is 7.24. The molecule has 0 saturated carbocycles. The molecule has 9 nitrogen and oxygen atoms in total. The van der Waals surface area contributed by atoms with Gasteiger partial charge in [-0.05, 0) is 55.3 Å². The van der Waals surface area contributed by atoms with E-state index in [1.54, 1.807) is 7.11 Å². The molecule has 166 valence electrons. The molecule has 0 saturated heterocycles. The minimum atomic E-state index is -0.522. The second kappa shape index (κ2) is 9.51. The van der Waals surface area contributed by atoms with Crippen LogP contribution >= 0.6 is 0 Å². The lowest BCUT2D eigenvalue weighted by Gasteiger charge is -2.17. The van der Waals surface area contributed by atoms with E-state index >= 15 is 0 Å². The first kappa shape index (κ1) is 21.4. The van der Waals surface area contributed by atoms with Crippen molar-refractivity contribution in [1.82, 2.24) is 20.1 Å². The number of benzene rings is 2. The highest BCUT2D eigenvalue weighted by atomic mass is 16.5. The third-order valence-corrected chi connectivity index (χ3v) is 5.25. The summed E-state index contributed by atoms with van der Waals surface area (Å²) in [5.41, 5.74) is 1.29. The highest BCUT2D eigenvalue weighted by molar-refractivity contribution is 5.91. The average Bonchev–Trinajstić information content (AvgIpc) is 3.25. The molecule has 0 radical (unpaired) electrons. The van der Waals surface area contributed by atoms with E-state index in [0.29, 0.717) is 38.6 Å². The van der Waals surface area contributed by atoms with Gasteiger partial charge in [0.2, 0.25) is 11.6 Å². The van der Waals surface area contributed by atoms with E-state index in [1.165, 1.54) is 4.57 Å². The standard InChI is InChI=1S/C23H25N5O4/c1-3-32-19-10-6-17(7-11-19)27-14-15-28-22(30)20(25-26-23(27)28)21(29)24-13-12-16-4-8-18(31-2)9-5-16/h4-11H,3,12-15H2,1-2H3,(H,24,29). The molecule has 1 aliphatic heterocycles. The molecule has 1 aromatic heterocycles. The monoisotopic (exact) mass is 435 g/mol. The molecule has 2 heterocycles. The van der Waals surface area contributed by atoms with Crippen LogP contribution in [0, 0.1) is 0 Å². The Hall–Kier alpha value is -3.88. The molecular formula is C23H25N5O4. The molecule has 3 aromatic rings. The molecule has 1 N–H and O–H groups in total. The van der Waals surface area contributed by atoms with E-state index in [4.69, 9.17) is 9.47 Å². The normalized spacial score (nSPS) is 12.4. The van der Waals surface area contributed by atoms with Gasteiger partial charge in [-0.2, -0.15) is 0 Å². The Labute approximate surface area is 185 Å². The first-order chi connectivity index (χ1) is 15.6. The van der Waals surface area contributed by atoms with Crippen LogP contribution in [0.25, 0.3) is 0 Å². The van der Waals surface area contributed by atoms with E-state index in [9.17, 15) is 9.59 Å². The Morgan fingerprint density at radius 3 is 2.44 bits per heavy atom. The summed E-state index contributed by atoms with van der Waals surface area (Å²) in [7, 11) is 1.61. The highest BCUT2D eigenvalue weighted by Crippen LogP contribution is 2.28. The maximum atomic E-state index is 12.9. The number of hydrogen-bond acceptors (Lipinski definition) is 7. The van der Waals surface area contributed by atoms with Crippen LogP contribution in [0.2, 0.25) is 0 Å². The van der Waals surface area contributed by atoms with Gasteiger partial charge in [0.25, 0.3) is 11.5 Å². The smallest absolute Gasteiger partial charge is 0.286 e. The summed E-state index contributed by atoms with van der Waals surface area (Å²) in [5.74, 6) is 1.46. The fraction of sp³-hybridized carbons (Fsp3) is 0.304. The number of anilines is 2. The minimum absolute atomic E-state index is 0.197. The summed E-state index contributed by atoms with van der Waals surface area (Å²) >= 11 is 0. The lowest BCUT2D eigenvalue weighted by molar-refractivity contribution is 0.0945. The predicted molar refractivity (Wildman–Crippen MR) is 120 cm³/mol. The zero-order valence-electron chi connectivity index (χ0n) is 18.1. The van der Waals surface area contributed by atoms with Gasteiger partial charge in [-0.3, -0.25) is 14.2 Å². The van der Waals surface area contributed by atoms with Gasteiger partial charge in [0.15, 0.2) is 0 Å². The first-order valence-corrected chi connectivity index (χ1v) is 10.5. The van der Waals surface area contributed by atoms with E-state index < -0.39 is 11.5 Å². The van der Waals surface area contributed by atoms with Crippen LogP contribution in [-0.2, 0) is 13.0 Å². The minimum Gasteiger partial charge on any atom is -0.497 e. The lowest BCUT2D eigenvalue weighted by atomic mass is 10.1. The molecule has 9 heteroatoms. The molecule has 32 heavy (non-hydrogen) atoms. The maximum Gasteiger partial charge on any atom is 0.286 e. The summed E-state index contributed by atoms with van der Waals surface area (Å²) in [6.07, 6.45) is 0.626. The number of methoxy groups -OCH3 is 1. The number of carbonyl (C=O) groups excluding carboxylic acids is 1. The van der Waals surface area contributed by atoms with Gasteiger partial charge in [0, 0.05) is 25.3 Å². The van der Waals surface area contributed by atoms with E-state index in [-0.39, 0.29) is 5.69 Å². The average molecular weight is 435 g/mol. The number of amides is 1. The largest absolute Gasteiger partial charge is 0.497 e. The van der Waals surface area contributed by atoms with Gasteiger partial charge in [0.05, 0.1) is 13.7 Å². The Balaban J connectivity index is 1.43. The van der Waals surface area contributed by atoms with E-state index in [0.717, 1.165) is 22.7 Å². The number of ether oxygens (including phenoxy) is 2. The molecule has 0 aliphatic carbocycles. The number of carbonyl (C=O) groups is 1. The molecule has 2 aromatic carbocycles. The molecule has 4 rings (SSSR count). The van der Waals surface area contributed by atoms with Crippen molar-refractivity contribution in [2.45, 2.75) is 19.9 Å². The molecule has 1 amide bonds. The van der Waals surface area contributed by atoms with Gasteiger partial charge in [-0.1, -0.05) is 12.1 Å². The van der Waals surface area contributed by atoms with Crippen molar-refractivity contribution in [3.63, 3.8) is 0 Å². The van der Waals surface area contributed by atoms with Crippen LogP contribution in [0.1, 0.15) is 23.0 Å². The number of hydrogen-bond donors (Lipinski definition) is 1. The molecule has 1 aliphatic rings. The van der Waals surface area contributed by atoms with Crippen LogP contribution in [0.15, 0.2) is 53.3 Å². The number of nitrogens with zero attached hydrogens (tertiary/aromatic N) is 4. The Kier molecular flexibility index (Phi) is 6.34. The second-order valence-electron chi connectivity index (χ2n) is 7.24. The third kappa shape index (κ3) is 4.41. The van der Waals surface area contributed by atoms with Gasteiger partial charge in [0.1, 0.15) is 11.5 Å². The Morgan fingerprint density at radius 2 is 1.75 bits per heavy atom. The van der Waals surface area contributed by atoms with Crippen LogP contribution < -0.4 is 25.2 Å². The molecule has 0 fully saturated rings. The van der Waals surface area contributed by atoms with Gasteiger partial charge < -0.3 is 19.7 Å². The lowest BCUT2D eigenvalue weighted by Crippen LogP contribution is -2.35. The SMILES string of the molecule is CCOc1ccc(N2CCn3c2nnc(C(=O)NCCc2ccc(OC)cc2)c3=O)cc1. The summed E-state index contributed by atoms with van der Waals surface area (Å²) in [5, 5.41) is 10.9. The fourth-order valence-electron chi connectivity index (χ4n) is 3.58. The van der Waals surface area contributed by atoms with Crippen LogP contribution in [-0.4, -0.2) is 47.5 Å². The van der Waals surface area contributed by atoms with Gasteiger partial charge in [-0.15, -0.1) is 10.2 Å². The highest BCUT2D eigenvalue weighted by Gasteiger charge is 2.27. The van der Waals surface area contributed by atoms with Crippen molar-refractivity contribution >= 4 is 17.5 Å². The van der Waals surface area contributed by atoms with Crippen molar-refractivity contribution in [2.24, 2.45) is 0 Å². The van der Waals surface area contributed by atoms with Gasteiger partial charge >= 0.3 is 0 Å². The Morgan fingerprint density at radius 1 is 1.03 bits per heavy atom. The van der Waals surface area contributed by atoms with E-state index in [1.807, 2.05) is 60.4 Å². The molecule has 0 spiro atoms. The number of fused-ring (bicyclic) bond motifs is 1. The van der Waals surface area contributed by atoms with Crippen LogP contribution in [0.3, 0.4) is 0 Å². The van der Waals surface area contributed by atoms with Crippen molar-refractivity contribution in [3.05, 3.63) is 70.1 Å². The van der Waals surface area contributed by atoms with Crippen molar-refractivity contribution in [1.29, 1.82) is 0 Å².